The predicted molar refractivity (Wildman–Crippen MR) is 164 cm³/mol. The van der Waals surface area contributed by atoms with E-state index >= 15 is 0 Å². The Hall–Kier alpha value is -3.19. The molecule has 0 bridgehead atoms. The predicted octanol–water partition coefficient (Wildman–Crippen LogP) is 0.534. The van der Waals surface area contributed by atoms with Gasteiger partial charge >= 0.3 is 0 Å². The Labute approximate surface area is 261 Å². The van der Waals surface area contributed by atoms with Crippen LogP contribution in [0.5, 0.6) is 0 Å². The Morgan fingerprint density at radius 3 is 2.57 bits per heavy atom. The number of nitrogens with zero attached hydrogens (tertiary/aromatic N) is 2. The van der Waals surface area contributed by atoms with Crippen molar-refractivity contribution >= 4 is 40.4 Å². The van der Waals surface area contributed by atoms with E-state index < -0.39 is 24.0 Å². The summed E-state index contributed by atoms with van der Waals surface area (Å²) in [5.41, 5.74) is 5.82. The summed E-state index contributed by atoms with van der Waals surface area (Å²) in [5, 5.41) is 25.2. The number of ether oxygens (including phenoxy) is 3. The lowest BCUT2D eigenvalue weighted by Gasteiger charge is -2.14. The highest BCUT2D eigenvalue weighted by Gasteiger charge is 2.35. The van der Waals surface area contributed by atoms with Crippen molar-refractivity contribution in [1.82, 2.24) is 25.2 Å². The minimum Gasteiger partial charge on any atom is -0.394 e. The lowest BCUT2D eigenvalue weighted by atomic mass is 10.2. The number of unbranched alkanes of at least 4 members (excludes halogenated alkanes) is 3. The Morgan fingerprint density at radius 1 is 1.11 bits per heavy atom. The summed E-state index contributed by atoms with van der Waals surface area (Å²) in [7, 11) is 0. The topological polar surface area (TPSA) is 203 Å². The number of fused-ring (bicyclic) bond motifs is 1. The number of H-pyrrole nitrogens is 1. The van der Waals surface area contributed by atoms with Crippen molar-refractivity contribution in [1.29, 1.82) is 0 Å². The van der Waals surface area contributed by atoms with Crippen LogP contribution in [0.25, 0.3) is 11.0 Å². The number of aromatic amines is 1. The molecule has 1 unspecified atom stereocenters. The van der Waals surface area contributed by atoms with Crippen LogP contribution in [0.3, 0.4) is 0 Å². The summed E-state index contributed by atoms with van der Waals surface area (Å²) in [4.78, 5) is 43.5. The zero-order chi connectivity index (χ0) is 31.7. The number of carbonyl (C=O) groups excluding carboxylic acids is 2. The second-order valence-corrected chi connectivity index (χ2v) is 10.7. The molecular weight excluding hydrogens is 596 g/mol. The zero-order valence-corrected chi connectivity index (χ0v) is 25.6. The van der Waals surface area contributed by atoms with Crippen LogP contribution in [0.4, 0.5) is 5.95 Å². The molecule has 15 heteroatoms. The molecule has 3 heterocycles. The summed E-state index contributed by atoms with van der Waals surface area (Å²) in [6, 6.07) is 0. The SMILES string of the molecule is Nc1nc2c(c(C#CCNC(=O)CCCC(=O)NCCOCCOCCCCCCCl)cn2[C@H]2CC(O)[C@@H](CO)O2)c(=O)[nH]1. The maximum Gasteiger partial charge on any atom is 0.263 e. The van der Waals surface area contributed by atoms with Crippen LogP contribution < -0.4 is 21.9 Å². The molecule has 1 aliphatic rings. The van der Waals surface area contributed by atoms with E-state index in [1.54, 1.807) is 10.8 Å². The van der Waals surface area contributed by atoms with Crippen molar-refractivity contribution < 1.29 is 34.0 Å². The van der Waals surface area contributed by atoms with Crippen molar-refractivity contribution in [2.75, 3.05) is 57.7 Å². The van der Waals surface area contributed by atoms with Gasteiger partial charge in [-0.1, -0.05) is 24.7 Å². The fraction of sp³-hybridized carbons (Fsp3) is 0.655. The molecule has 0 spiro atoms. The van der Waals surface area contributed by atoms with E-state index in [2.05, 4.69) is 32.4 Å². The number of carbonyl (C=O) groups is 2. The second kappa shape index (κ2) is 19.3. The van der Waals surface area contributed by atoms with Gasteiger partial charge in [0.15, 0.2) is 5.65 Å². The third-order valence-electron chi connectivity index (χ3n) is 6.91. The summed E-state index contributed by atoms with van der Waals surface area (Å²) < 4.78 is 18.2. The van der Waals surface area contributed by atoms with Crippen LogP contribution in [0.15, 0.2) is 11.0 Å². The lowest BCUT2D eigenvalue weighted by Crippen LogP contribution is -2.28. The summed E-state index contributed by atoms with van der Waals surface area (Å²) in [6.07, 6.45) is 4.46. The number of rotatable bonds is 19. The molecule has 3 rings (SSSR count). The fourth-order valence-corrected chi connectivity index (χ4v) is 4.83. The zero-order valence-electron chi connectivity index (χ0n) is 24.8. The van der Waals surface area contributed by atoms with Gasteiger partial charge in [-0.3, -0.25) is 19.4 Å². The molecule has 3 atom stereocenters. The number of aromatic nitrogens is 3. The van der Waals surface area contributed by atoms with Crippen molar-refractivity contribution in [2.24, 2.45) is 0 Å². The Balaban J connectivity index is 1.33. The normalized spacial score (nSPS) is 17.8. The lowest BCUT2D eigenvalue weighted by molar-refractivity contribution is -0.122. The van der Waals surface area contributed by atoms with Gasteiger partial charge in [-0.25, -0.2) is 0 Å². The number of alkyl halides is 1. The summed E-state index contributed by atoms with van der Waals surface area (Å²) in [5.74, 6) is 5.89. The number of aliphatic hydroxyl groups excluding tert-OH is 2. The standard InChI is InChI=1S/C29H43ClN6O8/c30-10-3-1-2-4-13-42-15-16-43-14-12-33-24(40)9-5-8-23(39)32-11-6-7-20-18-36(25-17-21(38)22(19-37)44-25)27-26(20)28(41)35-29(31)34-27/h18,21-22,25,37-38H,1-5,8-17,19H2,(H,32,39)(H,33,40)(H3,31,34,35,41)/t21?,22-,25-/m1/s1. The maximum atomic E-state index is 12.6. The molecule has 0 aliphatic carbocycles. The quantitative estimate of drug-likeness (QED) is 0.0716. The van der Waals surface area contributed by atoms with Gasteiger partial charge in [0, 0.05) is 44.5 Å². The van der Waals surface area contributed by atoms with E-state index in [4.69, 9.17) is 31.5 Å². The number of amides is 2. The average Bonchev–Trinajstić information content (AvgIpc) is 3.55. The van der Waals surface area contributed by atoms with Crippen molar-refractivity contribution in [3.63, 3.8) is 0 Å². The molecule has 0 radical (unpaired) electrons. The Morgan fingerprint density at radius 2 is 1.84 bits per heavy atom. The molecule has 1 fully saturated rings. The summed E-state index contributed by atoms with van der Waals surface area (Å²) in [6.45, 7) is 2.13. The molecule has 14 nitrogen and oxygen atoms in total. The minimum absolute atomic E-state index is 0.0261. The molecule has 7 N–H and O–H groups in total. The number of nitrogens with one attached hydrogen (secondary N) is 3. The first kappa shape index (κ1) is 35.3. The van der Waals surface area contributed by atoms with E-state index in [1.807, 2.05) is 0 Å². The van der Waals surface area contributed by atoms with Crippen LogP contribution in [0.1, 0.15) is 63.2 Å². The molecule has 44 heavy (non-hydrogen) atoms. The third kappa shape index (κ3) is 11.4. The Bertz CT molecular complexity index is 1320. The van der Waals surface area contributed by atoms with E-state index in [1.165, 1.54) is 0 Å². The van der Waals surface area contributed by atoms with E-state index in [-0.39, 0.29) is 61.2 Å². The molecule has 0 aromatic carbocycles. The van der Waals surface area contributed by atoms with Gasteiger partial charge in [-0.2, -0.15) is 4.98 Å². The van der Waals surface area contributed by atoms with E-state index in [0.717, 1.165) is 25.7 Å². The van der Waals surface area contributed by atoms with Crippen molar-refractivity contribution in [2.45, 2.75) is 69.8 Å². The van der Waals surface area contributed by atoms with Crippen LogP contribution in [-0.4, -0.2) is 101 Å². The number of nitrogen functional groups attached to an aromatic ring is 1. The molecule has 0 saturated carbocycles. The highest BCUT2D eigenvalue weighted by molar-refractivity contribution is 6.17. The van der Waals surface area contributed by atoms with Gasteiger partial charge in [-0.05, 0) is 19.3 Å². The van der Waals surface area contributed by atoms with Crippen molar-refractivity contribution in [3.8, 4) is 11.8 Å². The number of halogens is 1. The molecule has 2 aromatic rings. The fourth-order valence-electron chi connectivity index (χ4n) is 4.64. The molecule has 2 amide bonds. The number of nitrogens with two attached hydrogens (primary N) is 1. The van der Waals surface area contributed by atoms with Crippen molar-refractivity contribution in [3.05, 3.63) is 22.1 Å². The molecular formula is C29H43ClN6O8. The van der Waals surface area contributed by atoms with Gasteiger partial charge in [0.05, 0.1) is 50.0 Å². The largest absolute Gasteiger partial charge is 0.394 e. The van der Waals surface area contributed by atoms with Gasteiger partial charge in [0.2, 0.25) is 17.8 Å². The van der Waals surface area contributed by atoms with Gasteiger partial charge in [-0.15, -0.1) is 11.6 Å². The van der Waals surface area contributed by atoms with Crippen LogP contribution in [0, 0.1) is 11.8 Å². The van der Waals surface area contributed by atoms with Crippen LogP contribution in [0.2, 0.25) is 0 Å². The van der Waals surface area contributed by atoms with Crippen LogP contribution in [-0.2, 0) is 23.8 Å². The average molecular weight is 639 g/mol. The molecule has 2 aromatic heterocycles. The minimum atomic E-state index is -0.881. The van der Waals surface area contributed by atoms with Gasteiger partial charge < -0.3 is 45.4 Å². The smallest absolute Gasteiger partial charge is 0.263 e. The number of hydrogen-bond donors (Lipinski definition) is 6. The summed E-state index contributed by atoms with van der Waals surface area (Å²) >= 11 is 5.64. The molecule has 1 aliphatic heterocycles. The monoisotopic (exact) mass is 638 g/mol. The van der Waals surface area contributed by atoms with Crippen LogP contribution >= 0.6 is 11.6 Å². The van der Waals surface area contributed by atoms with E-state index in [0.29, 0.717) is 50.8 Å². The molecule has 1 saturated heterocycles. The Kier molecular flexibility index (Phi) is 15.4. The highest BCUT2D eigenvalue weighted by Crippen LogP contribution is 2.32. The first-order valence-electron chi connectivity index (χ1n) is 14.9. The first-order valence-corrected chi connectivity index (χ1v) is 15.5. The number of aliphatic hydroxyl groups is 2. The molecule has 244 valence electrons. The van der Waals surface area contributed by atoms with Gasteiger partial charge in [0.25, 0.3) is 5.56 Å². The first-order chi connectivity index (χ1) is 21.3. The second-order valence-electron chi connectivity index (χ2n) is 10.3. The third-order valence-corrected chi connectivity index (χ3v) is 7.18. The highest BCUT2D eigenvalue weighted by atomic mass is 35.5. The number of hydrogen-bond acceptors (Lipinski definition) is 10. The number of anilines is 1. The van der Waals surface area contributed by atoms with E-state index in [9.17, 15) is 24.6 Å². The maximum absolute atomic E-state index is 12.6. The van der Waals surface area contributed by atoms with Gasteiger partial charge in [0.1, 0.15) is 12.3 Å².